The molecule has 1 aromatic rings. The Hall–Kier alpha value is -1.92. The van der Waals surface area contributed by atoms with E-state index in [1.54, 1.807) is 0 Å². The predicted molar refractivity (Wildman–Crippen MR) is 110 cm³/mol. The Morgan fingerprint density at radius 1 is 1.03 bits per heavy atom. The molecule has 0 unspecified atom stereocenters. The zero-order valence-corrected chi connectivity index (χ0v) is 18.4. The van der Waals surface area contributed by atoms with Crippen molar-refractivity contribution in [2.45, 2.75) is 78.1 Å². The number of aryl methyl sites for hydroxylation is 1. The SMILES string of the molecule is CC1CCN(C(=O)C2CCN(C(=O)CCCc3nc(C(C)(C)C)no3)CC2)CC1. The molecule has 0 saturated carbocycles. The summed E-state index contributed by atoms with van der Waals surface area (Å²) in [4.78, 5) is 33.6. The van der Waals surface area contributed by atoms with Gasteiger partial charge in [0.05, 0.1) is 0 Å². The van der Waals surface area contributed by atoms with E-state index in [9.17, 15) is 9.59 Å². The smallest absolute Gasteiger partial charge is 0.226 e. The third-order valence-corrected chi connectivity index (χ3v) is 6.21. The molecule has 0 spiro atoms. The van der Waals surface area contributed by atoms with E-state index in [2.05, 4.69) is 17.1 Å². The van der Waals surface area contributed by atoms with Crippen LogP contribution in [-0.4, -0.2) is 57.9 Å². The first-order valence-electron chi connectivity index (χ1n) is 11.1. The molecule has 2 saturated heterocycles. The molecule has 2 fully saturated rings. The van der Waals surface area contributed by atoms with Crippen LogP contribution in [0.5, 0.6) is 0 Å². The van der Waals surface area contributed by atoms with E-state index in [4.69, 9.17) is 4.52 Å². The fraction of sp³-hybridized carbons (Fsp3) is 0.818. The first kappa shape index (κ1) is 21.8. The van der Waals surface area contributed by atoms with Crippen molar-refractivity contribution < 1.29 is 14.1 Å². The first-order valence-corrected chi connectivity index (χ1v) is 11.1. The predicted octanol–water partition coefficient (Wildman–Crippen LogP) is 3.19. The van der Waals surface area contributed by atoms with Gasteiger partial charge < -0.3 is 14.3 Å². The lowest BCUT2D eigenvalue weighted by atomic mass is 9.92. The van der Waals surface area contributed by atoms with Crippen LogP contribution in [0.3, 0.4) is 0 Å². The number of piperidine rings is 2. The number of hydrogen-bond acceptors (Lipinski definition) is 5. The third-order valence-electron chi connectivity index (χ3n) is 6.21. The molecule has 3 rings (SSSR count). The zero-order chi connectivity index (χ0) is 21.0. The van der Waals surface area contributed by atoms with Crippen molar-refractivity contribution in [2.75, 3.05) is 26.2 Å². The second-order valence-corrected chi connectivity index (χ2v) is 9.78. The van der Waals surface area contributed by atoms with Crippen molar-refractivity contribution in [3.05, 3.63) is 11.7 Å². The summed E-state index contributed by atoms with van der Waals surface area (Å²) in [5.74, 6) is 2.58. The highest BCUT2D eigenvalue weighted by Gasteiger charge is 2.31. The van der Waals surface area contributed by atoms with Crippen molar-refractivity contribution >= 4 is 11.8 Å². The van der Waals surface area contributed by atoms with Crippen molar-refractivity contribution in [1.82, 2.24) is 19.9 Å². The number of carbonyl (C=O) groups is 2. The monoisotopic (exact) mass is 404 g/mol. The van der Waals surface area contributed by atoms with E-state index in [1.807, 2.05) is 30.6 Å². The van der Waals surface area contributed by atoms with Crippen LogP contribution in [0.15, 0.2) is 4.52 Å². The van der Waals surface area contributed by atoms with Gasteiger partial charge in [-0.1, -0.05) is 32.9 Å². The van der Waals surface area contributed by atoms with Crippen LogP contribution in [0.4, 0.5) is 0 Å². The number of nitrogens with zero attached hydrogens (tertiary/aromatic N) is 4. The van der Waals surface area contributed by atoms with Crippen LogP contribution >= 0.6 is 0 Å². The van der Waals surface area contributed by atoms with Crippen molar-refractivity contribution in [1.29, 1.82) is 0 Å². The number of amides is 2. The Balaban J connectivity index is 1.37. The van der Waals surface area contributed by atoms with Crippen LogP contribution < -0.4 is 0 Å². The lowest BCUT2D eigenvalue weighted by molar-refractivity contribution is -0.141. The van der Waals surface area contributed by atoms with E-state index in [0.717, 1.165) is 44.7 Å². The Kier molecular flexibility index (Phi) is 6.96. The van der Waals surface area contributed by atoms with Crippen LogP contribution in [0.1, 0.15) is 77.9 Å². The molecule has 0 aliphatic carbocycles. The summed E-state index contributed by atoms with van der Waals surface area (Å²) in [6.45, 7) is 11.6. The molecule has 7 heteroatoms. The van der Waals surface area contributed by atoms with Crippen LogP contribution in [0.25, 0.3) is 0 Å². The lowest BCUT2D eigenvalue weighted by Gasteiger charge is -2.36. The third kappa shape index (κ3) is 5.80. The Morgan fingerprint density at radius 2 is 1.66 bits per heavy atom. The van der Waals surface area contributed by atoms with Crippen molar-refractivity contribution in [3.8, 4) is 0 Å². The summed E-state index contributed by atoms with van der Waals surface area (Å²) in [6, 6.07) is 0. The molecule has 1 aromatic heterocycles. The van der Waals surface area contributed by atoms with Gasteiger partial charge in [-0.3, -0.25) is 9.59 Å². The van der Waals surface area contributed by atoms with E-state index in [1.165, 1.54) is 0 Å². The molecule has 2 amide bonds. The van der Waals surface area contributed by atoms with Crippen molar-refractivity contribution in [2.24, 2.45) is 11.8 Å². The quantitative estimate of drug-likeness (QED) is 0.753. The molecule has 0 N–H and O–H groups in total. The molecule has 2 aliphatic heterocycles. The van der Waals surface area contributed by atoms with Gasteiger partial charge in [0.15, 0.2) is 5.82 Å². The summed E-state index contributed by atoms with van der Waals surface area (Å²) >= 11 is 0. The molecule has 29 heavy (non-hydrogen) atoms. The second-order valence-electron chi connectivity index (χ2n) is 9.78. The number of hydrogen-bond donors (Lipinski definition) is 0. The maximum Gasteiger partial charge on any atom is 0.226 e. The topological polar surface area (TPSA) is 79.5 Å². The minimum absolute atomic E-state index is 0.0849. The van der Waals surface area contributed by atoms with E-state index < -0.39 is 0 Å². The Bertz CT molecular complexity index is 693. The van der Waals surface area contributed by atoms with Gasteiger partial charge in [-0.2, -0.15) is 4.98 Å². The number of rotatable bonds is 5. The summed E-state index contributed by atoms with van der Waals surface area (Å²) < 4.78 is 5.29. The Labute approximate surface area is 174 Å². The molecule has 0 atom stereocenters. The molecular formula is C22H36N4O3. The molecule has 0 bridgehead atoms. The molecule has 162 valence electrons. The fourth-order valence-electron chi connectivity index (χ4n) is 4.07. The molecule has 2 aliphatic rings. The first-order chi connectivity index (χ1) is 13.7. The van der Waals surface area contributed by atoms with Crippen molar-refractivity contribution in [3.63, 3.8) is 0 Å². The van der Waals surface area contributed by atoms with Gasteiger partial charge >= 0.3 is 0 Å². The summed E-state index contributed by atoms with van der Waals surface area (Å²) in [5.41, 5.74) is -0.133. The standard InChI is InChI=1S/C22H36N4O3/c1-16-8-12-26(13-9-16)20(28)17-10-14-25(15-11-17)19(27)7-5-6-18-23-21(24-29-18)22(2,3)4/h16-17H,5-15H2,1-4H3. The van der Waals surface area contributed by atoms with Gasteiger partial charge in [-0.15, -0.1) is 0 Å². The summed E-state index contributed by atoms with van der Waals surface area (Å²) in [6.07, 6.45) is 5.60. The average molecular weight is 405 g/mol. The van der Waals surface area contributed by atoms with Gasteiger partial charge in [0.25, 0.3) is 0 Å². The highest BCUT2D eigenvalue weighted by molar-refractivity contribution is 5.80. The number of aromatic nitrogens is 2. The lowest BCUT2D eigenvalue weighted by Crippen LogP contribution is -2.46. The van der Waals surface area contributed by atoms with Crippen LogP contribution in [0.2, 0.25) is 0 Å². The minimum Gasteiger partial charge on any atom is -0.343 e. The highest BCUT2D eigenvalue weighted by atomic mass is 16.5. The van der Waals surface area contributed by atoms with Gasteiger partial charge in [-0.05, 0) is 38.0 Å². The molecule has 3 heterocycles. The maximum absolute atomic E-state index is 12.7. The normalized spacial score (nSPS) is 19.6. The zero-order valence-electron chi connectivity index (χ0n) is 18.4. The molecular weight excluding hydrogens is 368 g/mol. The van der Waals surface area contributed by atoms with Gasteiger partial charge in [0.2, 0.25) is 17.7 Å². The second kappa shape index (κ2) is 9.26. The Morgan fingerprint density at radius 3 is 2.24 bits per heavy atom. The van der Waals surface area contributed by atoms with Gasteiger partial charge in [-0.25, -0.2) is 0 Å². The van der Waals surface area contributed by atoms with Crippen LogP contribution in [-0.2, 0) is 21.4 Å². The summed E-state index contributed by atoms with van der Waals surface area (Å²) in [7, 11) is 0. The van der Waals surface area contributed by atoms with E-state index in [-0.39, 0.29) is 17.2 Å². The minimum atomic E-state index is -0.133. The maximum atomic E-state index is 12.7. The number of carbonyl (C=O) groups excluding carboxylic acids is 2. The molecule has 7 nitrogen and oxygen atoms in total. The highest BCUT2D eigenvalue weighted by Crippen LogP contribution is 2.24. The van der Waals surface area contributed by atoms with E-state index >= 15 is 0 Å². The summed E-state index contributed by atoms with van der Waals surface area (Å²) in [5, 5.41) is 4.03. The molecule has 0 aromatic carbocycles. The number of likely N-dealkylation sites (tertiary alicyclic amines) is 2. The molecule has 0 radical (unpaired) electrons. The van der Waals surface area contributed by atoms with E-state index in [0.29, 0.717) is 50.0 Å². The van der Waals surface area contributed by atoms with Gasteiger partial charge in [0.1, 0.15) is 0 Å². The van der Waals surface area contributed by atoms with Gasteiger partial charge in [0, 0.05) is 50.4 Å². The van der Waals surface area contributed by atoms with Crippen LogP contribution in [0, 0.1) is 11.8 Å². The average Bonchev–Trinajstić information content (AvgIpc) is 3.17. The largest absolute Gasteiger partial charge is 0.343 e. The fourth-order valence-corrected chi connectivity index (χ4v) is 4.07.